The van der Waals surface area contributed by atoms with Crippen LogP contribution in [0.4, 0.5) is 5.13 Å². The average Bonchev–Trinajstić information content (AvgIpc) is 3.19. The van der Waals surface area contributed by atoms with Crippen molar-refractivity contribution in [2.75, 3.05) is 18.4 Å². The first-order chi connectivity index (χ1) is 13.7. The van der Waals surface area contributed by atoms with Crippen molar-refractivity contribution in [3.05, 3.63) is 47.0 Å². The molecule has 2 N–H and O–H groups in total. The van der Waals surface area contributed by atoms with Gasteiger partial charge in [0.1, 0.15) is 0 Å². The van der Waals surface area contributed by atoms with E-state index in [-0.39, 0.29) is 29.2 Å². The van der Waals surface area contributed by atoms with Crippen molar-refractivity contribution in [3.63, 3.8) is 0 Å². The Morgan fingerprint density at radius 2 is 1.83 bits per heavy atom. The van der Waals surface area contributed by atoms with Gasteiger partial charge in [-0.15, -0.1) is 11.3 Å². The van der Waals surface area contributed by atoms with Crippen molar-refractivity contribution in [3.8, 4) is 0 Å². The van der Waals surface area contributed by atoms with Crippen molar-refractivity contribution in [1.29, 1.82) is 0 Å². The maximum absolute atomic E-state index is 12.9. The topological polar surface area (TPSA) is 91.4 Å². The zero-order chi connectivity index (χ0) is 21.0. The molecule has 0 saturated carbocycles. The van der Waals surface area contributed by atoms with Crippen LogP contribution in [0.2, 0.25) is 0 Å². The van der Waals surface area contributed by atoms with E-state index in [1.165, 1.54) is 11.3 Å². The lowest BCUT2D eigenvalue weighted by molar-refractivity contribution is -0.121. The van der Waals surface area contributed by atoms with Gasteiger partial charge in [0, 0.05) is 41.3 Å². The van der Waals surface area contributed by atoms with Gasteiger partial charge >= 0.3 is 0 Å². The summed E-state index contributed by atoms with van der Waals surface area (Å²) in [6.45, 7) is 6.75. The van der Waals surface area contributed by atoms with E-state index in [1.54, 1.807) is 40.7 Å². The van der Waals surface area contributed by atoms with Gasteiger partial charge in [0.15, 0.2) is 5.13 Å². The molecular formula is C21H26N4O3S. The SMILES string of the molecule is CC(C)(C)NC(=O)c1ccc(C(=O)N2CCCC(C(=O)Nc3nccs3)C2)cc1. The molecule has 1 aromatic carbocycles. The highest BCUT2D eigenvalue weighted by molar-refractivity contribution is 7.13. The van der Waals surface area contributed by atoms with Crippen LogP contribution in [0, 0.1) is 5.92 Å². The van der Waals surface area contributed by atoms with Gasteiger partial charge in [0.2, 0.25) is 5.91 Å². The number of aromatic nitrogens is 1. The third-order valence-corrected chi connectivity index (χ3v) is 5.31. The molecule has 8 heteroatoms. The molecule has 3 amide bonds. The summed E-state index contributed by atoms with van der Waals surface area (Å²) in [7, 11) is 0. The number of rotatable bonds is 4. The van der Waals surface area contributed by atoms with E-state index in [4.69, 9.17) is 0 Å². The lowest BCUT2D eigenvalue weighted by Gasteiger charge is -2.32. The molecular weight excluding hydrogens is 388 g/mol. The second-order valence-corrected chi connectivity index (χ2v) is 9.09. The van der Waals surface area contributed by atoms with E-state index in [0.29, 0.717) is 29.3 Å². The number of hydrogen-bond donors (Lipinski definition) is 2. The number of benzene rings is 1. The Hall–Kier alpha value is -2.74. The van der Waals surface area contributed by atoms with Crippen LogP contribution in [0.25, 0.3) is 0 Å². The first-order valence-corrected chi connectivity index (χ1v) is 10.5. The molecule has 1 aromatic heterocycles. The summed E-state index contributed by atoms with van der Waals surface area (Å²) in [6, 6.07) is 6.65. The van der Waals surface area contributed by atoms with Gasteiger partial charge in [0.05, 0.1) is 5.92 Å². The Kier molecular flexibility index (Phi) is 6.32. The third kappa shape index (κ3) is 5.63. The van der Waals surface area contributed by atoms with E-state index in [1.807, 2.05) is 20.8 Å². The van der Waals surface area contributed by atoms with Crippen LogP contribution < -0.4 is 10.6 Å². The Morgan fingerprint density at radius 3 is 2.45 bits per heavy atom. The number of piperidine rings is 1. The number of likely N-dealkylation sites (tertiary alicyclic amines) is 1. The highest BCUT2D eigenvalue weighted by atomic mass is 32.1. The molecule has 1 unspecified atom stereocenters. The normalized spacial score (nSPS) is 16.9. The Labute approximate surface area is 174 Å². The minimum absolute atomic E-state index is 0.105. The van der Waals surface area contributed by atoms with Crippen molar-refractivity contribution in [1.82, 2.24) is 15.2 Å². The van der Waals surface area contributed by atoms with Gasteiger partial charge in [-0.25, -0.2) is 4.98 Å². The molecule has 0 bridgehead atoms. The fraction of sp³-hybridized carbons (Fsp3) is 0.429. The molecule has 2 aromatic rings. The first kappa shape index (κ1) is 21.0. The number of nitrogens with one attached hydrogen (secondary N) is 2. The summed E-state index contributed by atoms with van der Waals surface area (Å²) in [5, 5.41) is 8.09. The quantitative estimate of drug-likeness (QED) is 0.804. The molecule has 1 aliphatic heterocycles. The average molecular weight is 415 g/mol. The van der Waals surface area contributed by atoms with Gasteiger partial charge in [-0.3, -0.25) is 14.4 Å². The smallest absolute Gasteiger partial charge is 0.253 e. The molecule has 0 radical (unpaired) electrons. The molecule has 0 spiro atoms. The number of amides is 3. The molecule has 1 fully saturated rings. The zero-order valence-electron chi connectivity index (χ0n) is 16.9. The van der Waals surface area contributed by atoms with E-state index in [2.05, 4.69) is 15.6 Å². The van der Waals surface area contributed by atoms with Crippen LogP contribution in [0.5, 0.6) is 0 Å². The summed E-state index contributed by atoms with van der Waals surface area (Å²) in [5.74, 6) is -0.659. The second-order valence-electron chi connectivity index (χ2n) is 8.20. The summed E-state index contributed by atoms with van der Waals surface area (Å²) in [4.78, 5) is 43.4. The van der Waals surface area contributed by atoms with Gasteiger partial charge in [-0.05, 0) is 57.9 Å². The number of thiazole rings is 1. The third-order valence-electron chi connectivity index (χ3n) is 4.62. The highest BCUT2D eigenvalue weighted by Crippen LogP contribution is 2.21. The van der Waals surface area contributed by atoms with Crippen molar-refractivity contribution in [2.45, 2.75) is 39.2 Å². The zero-order valence-corrected chi connectivity index (χ0v) is 17.7. The fourth-order valence-electron chi connectivity index (χ4n) is 3.23. The molecule has 29 heavy (non-hydrogen) atoms. The molecule has 154 valence electrons. The largest absolute Gasteiger partial charge is 0.347 e. The van der Waals surface area contributed by atoms with Crippen molar-refractivity contribution >= 4 is 34.2 Å². The monoisotopic (exact) mass is 414 g/mol. The predicted molar refractivity (Wildman–Crippen MR) is 113 cm³/mol. The number of anilines is 1. The summed E-state index contributed by atoms with van der Waals surface area (Å²) >= 11 is 1.37. The Morgan fingerprint density at radius 1 is 1.14 bits per heavy atom. The Balaban J connectivity index is 1.62. The van der Waals surface area contributed by atoms with E-state index in [0.717, 1.165) is 12.8 Å². The molecule has 1 aliphatic rings. The maximum Gasteiger partial charge on any atom is 0.253 e. The summed E-state index contributed by atoms with van der Waals surface area (Å²) in [5.41, 5.74) is 0.697. The van der Waals surface area contributed by atoms with Crippen LogP contribution >= 0.6 is 11.3 Å². The minimum Gasteiger partial charge on any atom is -0.347 e. The number of hydrogen-bond acceptors (Lipinski definition) is 5. The number of nitrogens with zero attached hydrogens (tertiary/aromatic N) is 2. The second kappa shape index (κ2) is 8.73. The molecule has 7 nitrogen and oxygen atoms in total. The van der Waals surface area contributed by atoms with Gasteiger partial charge < -0.3 is 15.5 Å². The first-order valence-electron chi connectivity index (χ1n) is 9.65. The van der Waals surface area contributed by atoms with E-state index < -0.39 is 0 Å². The standard InChI is InChI=1S/C21H26N4O3S/c1-21(2,3)24-18(27)14-6-8-15(9-7-14)19(28)25-11-4-5-16(13-25)17(26)23-20-22-10-12-29-20/h6-10,12,16H,4-5,11,13H2,1-3H3,(H,24,27)(H,22,23,26). The lowest BCUT2D eigenvalue weighted by atomic mass is 9.96. The number of carbonyl (C=O) groups is 3. The van der Waals surface area contributed by atoms with Crippen LogP contribution in [0.1, 0.15) is 54.3 Å². The minimum atomic E-state index is -0.326. The lowest BCUT2D eigenvalue weighted by Crippen LogP contribution is -2.43. The molecule has 0 aliphatic carbocycles. The van der Waals surface area contributed by atoms with Gasteiger partial charge in [-0.2, -0.15) is 0 Å². The van der Waals surface area contributed by atoms with Crippen LogP contribution in [-0.4, -0.2) is 46.2 Å². The van der Waals surface area contributed by atoms with Crippen molar-refractivity contribution < 1.29 is 14.4 Å². The van der Waals surface area contributed by atoms with Crippen LogP contribution in [0.3, 0.4) is 0 Å². The van der Waals surface area contributed by atoms with Crippen LogP contribution in [0.15, 0.2) is 35.8 Å². The summed E-state index contributed by atoms with van der Waals surface area (Å²) < 4.78 is 0. The van der Waals surface area contributed by atoms with Gasteiger partial charge in [0.25, 0.3) is 11.8 Å². The van der Waals surface area contributed by atoms with Crippen molar-refractivity contribution in [2.24, 2.45) is 5.92 Å². The fourth-order valence-corrected chi connectivity index (χ4v) is 3.76. The number of carbonyl (C=O) groups excluding carboxylic acids is 3. The molecule has 1 atom stereocenters. The summed E-state index contributed by atoms with van der Waals surface area (Å²) in [6.07, 6.45) is 3.16. The maximum atomic E-state index is 12.9. The highest BCUT2D eigenvalue weighted by Gasteiger charge is 2.29. The van der Waals surface area contributed by atoms with Crippen LogP contribution in [-0.2, 0) is 4.79 Å². The Bertz CT molecular complexity index is 872. The molecule has 1 saturated heterocycles. The predicted octanol–water partition coefficient (Wildman–Crippen LogP) is 3.16. The van der Waals surface area contributed by atoms with E-state index >= 15 is 0 Å². The van der Waals surface area contributed by atoms with Gasteiger partial charge in [-0.1, -0.05) is 0 Å². The molecule has 3 rings (SSSR count). The van der Waals surface area contributed by atoms with E-state index in [9.17, 15) is 14.4 Å². The molecule has 2 heterocycles.